The van der Waals surface area contributed by atoms with Crippen LogP contribution in [0.1, 0.15) is 11.1 Å². The Kier molecular flexibility index (Phi) is 3.51. The molecular weight excluding hydrogens is 230 g/mol. The normalized spacial score (nSPS) is 9.83. The molecule has 1 N–H and O–H groups in total. The number of aromatic nitrogens is 2. The highest BCUT2D eigenvalue weighted by atomic mass is 16.5. The first kappa shape index (κ1) is 12.0. The zero-order chi connectivity index (χ0) is 13.0. The van der Waals surface area contributed by atoms with Gasteiger partial charge in [0.25, 0.3) is 0 Å². The molecule has 2 aromatic rings. The first-order chi connectivity index (χ1) is 8.76. The van der Waals surface area contributed by atoms with E-state index >= 15 is 0 Å². The standard InChI is InChI=1S/C13H11N3O2/c1-18-12-3-9(5-14)2-11(4-12)13-15-6-10(8-17)7-16-13/h2-4,6-7,17H,8H2,1H3. The third-order valence-corrected chi connectivity index (χ3v) is 2.42. The third-order valence-electron chi connectivity index (χ3n) is 2.42. The van der Waals surface area contributed by atoms with Crippen molar-refractivity contribution in [3.63, 3.8) is 0 Å². The predicted molar refractivity (Wildman–Crippen MR) is 64.7 cm³/mol. The van der Waals surface area contributed by atoms with E-state index in [4.69, 9.17) is 15.1 Å². The van der Waals surface area contributed by atoms with Gasteiger partial charge < -0.3 is 9.84 Å². The van der Waals surface area contributed by atoms with Crippen LogP contribution >= 0.6 is 0 Å². The Labute approximate surface area is 104 Å². The first-order valence-electron chi connectivity index (χ1n) is 5.28. The van der Waals surface area contributed by atoms with Crippen LogP contribution in [0.25, 0.3) is 11.4 Å². The maximum atomic E-state index is 8.93. The number of aliphatic hydroxyl groups excluding tert-OH is 1. The van der Waals surface area contributed by atoms with Gasteiger partial charge in [-0.25, -0.2) is 9.97 Å². The number of rotatable bonds is 3. The van der Waals surface area contributed by atoms with Crippen molar-refractivity contribution in [3.8, 4) is 23.2 Å². The van der Waals surface area contributed by atoms with E-state index in [0.29, 0.717) is 28.3 Å². The minimum absolute atomic E-state index is 0.0954. The SMILES string of the molecule is COc1cc(C#N)cc(-c2ncc(CO)cn2)c1. The molecule has 0 aliphatic heterocycles. The molecule has 0 aliphatic carbocycles. The van der Waals surface area contributed by atoms with Gasteiger partial charge in [-0.05, 0) is 18.2 Å². The zero-order valence-electron chi connectivity index (χ0n) is 9.79. The molecule has 18 heavy (non-hydrogen) atoms. The highest BCUT2D eigenvalue weighted by Crippen LogP contribution is 2.23. The highest BCUT2D eigenvalue weighted by Gasteiger charge is 2.06. The Hall–Kier alpha value is -2.45. The van der Waals surface area contributed by atoms with E-state index in [9.17, 15) is 0 Å². The van der Waals surface area contributed by atoms with Crippen LogP contribution in [0.5, 0.6) is 5.75 Å². The van der Waals surface area contributed by atoms with Crippen molar-refractivity contribution in [2.75, 3.05) is 7.11 Å². The Morgan fingerprint density at radius 2 is 2.00 bits per heavy atom. The van der Waals surface area contributed by atoms with Gasteiger partial charge in [-0.2, -0.15) is 5.26 Å². The van der Waals surface area contributed by atoms with E-state index < -0.39 is 0 Å². The van der Waals surface area contributed by atoms with Gasteiger partial charge in [0, 0.05) is 23.5 Å². The molecule has 0 unspecified atom stereocenters. The Morgan fingerprint density at radius 1 is 1.28 bits per heavy atom. The topological polar surface area (TPSA) is 79.0 Å². The molecule has 0 amide bonds. The molecule has 0 atom stereocenters. The molecule has 0 bridgehead atoms. The van der Waals surface area contributed by atoms with Crippen LogP contribution < -0.4 is 4.74 Å². The lowest BCUT2D eigenvalue weighted by molar-refractivity contribution is 0.281. The van der Waals surface area contributed by atoms with Crippen LogP contribution in [0.4, 0.5) is 0 Å². The van der Waals surface area contributed by atoms with Crippen LogP contribution in [0.3, 0.4) is 0 Å². The van der Waals surface area contributed by atoms with Gasteiger partial charge in [-0.1, -0.05) is 0 Å². The van der Waals surface area contributed by atoms with Crippen molar-refractivity contribution in [1.82, 2.24) is 9.97 Å². The second kappa shape index (κ2) is 5.25. The number of benzene rings is 1. The molecule has 0 spiro atoms. The molecule has 0 saturated heterocycles. The number of methoxy groups -OCH3 is 1. The number of aliphatic hydroxyl groups is 1. The summed E-state index contributed by atoms with van der Waals surface area (Å²) >= 11 is 0. The molecule has 2 rings (SSSR count). The van der Waals surface area contributed by atoms with Gasteiger partial charge in [0.15, 0.2) is 5.82 Å². The minimum Gasteiger partial charge on any atom is -0.497 e. The molecule has 1 heterocycles. The molecule has 5 nitrogen and oxygen atoms in total. The predicted octanol–water partition coefficient (Wildman–Crippen LogP) is 1.52. The van der Waals surface area contributed by atoms with E-state index in [0.717, 1.165) is 0 Å². The molecule has 90 valence electrons. The van der Waals surface area contributed by atoms with Crippen LogP contribution in [0.2, 0.25) is 0 Å². The molecule has 0 saturated carbocycles. The maximum absolute atomic E-state index is 8.93. The van der Waals surface area contributed by atoms with Crippen LogP contribution in [-0.2, 0) is 6.61 Å². The quantitative estimate of drug-likeness (QED) is 0.881. The zero-order valence-corrected chi connectivity index (χ0v) is 9.79. The van der Waals surface area contributed by atoms with Gasteiger partial charge in [-0.3, -0.25) is 0 Å². The summed E-state index contributed by atoms with van der Waals surface area (Å²) < 4.78 is 5.12. The van der Waals surface area contributed by atoms with Crippen molar-refractivity contribution >= 4 is 0 Å². The molecule has 0 radical (unpaired) electrons. The van der Waals surface area contributed by atoms with Crippen LogP contribution in [0.15, 0.2) is 30.6 Å². The Balaban J connectivity index is 2.45. The average molecular weight is 241 g/mol. The number of hydrogen-bond donors (Lipinski definition) is 1. The van der Waals surface area contributed by atoms with Crippen LogP contribution in [-0.4, -0.2) is 22.2 Å². The van der Waals surface area contributed by atoms with Gasteiger partial charge in [0.2, 0.25) is 0 Å². The first-order valence-corrected chi connectivity index (χ1v) is 5.28. The van der Waals surface area contributed by atoms with E-state index in [1.54, 1.807) is 30.6 Å². The number of hydrogen-bond acceptors (Lipinski definition) is 5. The summed E-state index contributed by atoms with van der Waals surface area (Å²) in [5.74, 6) is 1.07. The van der Waals surface area contributed by atoms with E-state index in [1.165, 1.54) is 7.11 Å². The molecule has 1 aromatic carbocycles. The van der Waals surface area contributed by atoms with Crippen LogP contribution in [0, 0.1) is 11.3 Å². The van der Waals surface area contributed by atoms with Crippen molar-refractivity contribution in [1.29, 1.82) is 5.26 Å². The highest BCUT2D eigenvalue weighted by molar-refractivity contribution is 5.60. The Bertz CT molecular complexity index is 588. The lowest BCUT2D eigenvalue weighted by Gasteiger charge is -2.05. The minimum atomic E-state index is -0.0954. The second-order valence-electron chi connectivity index (χ2n) is 3.64. The summed E-state index contributed by atoms with van der Waals surface area (Å²) in [6.45, 7) is -0.0954. The summed E-state index contributed by atoms with van der Waals surface area (Å²) in [6, 6.07) is 7.15. The van der Waals surface area contributed by atoms with Gasteiger partial charge in [-0.15, -0.1) is 0 Å². The summed E-state index contributed by atoms with van der Waals surface area (Å²) in [5.41, 5.74) is 1.83. The second-order valence-corrected chi connectivity index (χ2v) is 3.64. The summed E-state index contributed by atoms with van der Waals surface area (Å²) in [7, 11) is 1.54. The van der Waals surface area contributed by atoms with E-state index in [-0.39, 0.29) is 6.61 Å². The molecule has 1 aromatic heterocycles. The van der Waals surface area contributed by atoms with E-state index in [2.05, 4.69) is 16.0 Å². The fourth-order valence-corrected chi connectivity index (χ4v) is 1.50. The third kappa shape index (κ3) is 2.44. The van der Waals surface area contributed by atoms with Gasteiger partial charge in [0.1, 0.15) is 5.75 Å². The van der Waals surface area contributed by atoms with Crippen molar-refractivity contribution in [2.45, 2.75) is 6.61 Å². The lowest BCUT2D eigenvalue weighted by Crippen LogP contribution is -1.94. The molecule has 0 aliphatic rings. The average Bonchev–Trinajstić information content (AvgIpc) is 2.46. The summed E-state index contributed by atoms with van der Waals surface area (Å²) in [5, 5.41) is 17.9. The van der Waals surface area contributed by atoms with Crippen molar-refractivity contribution < 1.29 is 9.84 Å². The maximum Gasteiger partial charge on any atom is 0.159 e. The number of nitriles is 1. The monoisotopic (exact) mass is 241 g/mol. The molecule has 0 fully saturated rings. The lowest BCUT2D eigenvalue weighted by atomic mass is 10.1. The number of nitrogens with zero attached hydrogens (tertiary/aromatic N) is 3. The molecular formula is C13H11N3O2. The Morgan fingerprint density at radius 3 is 2.56 bits per heavy atom. The van der Waals surface area contributed by atoms with E-state index in [1.807, 2.05) is 0 Å². The number of ether oxygens (including phenoxy) is 1. The summed E-state index contributed by atoms with van der Waals surface area (Å²) in [4.78, 5) is 8.27. The largest absolute Gasteiger partial charge is 0.497 e. The summed E-state index contributed by atoms with van der Waals surface area (Å²) in [6.07, 6.45) is 3.10. The van der Waals surface area contributed by atoms with Gasteiger partial charge >= 0.3 is 0 Å². The fourth-order valence-electron chi connectivity index (χ4n) is 1.50. The smallest absolute Gasteiger partial charge is 0.159 e. The van der Waals surface area contributed by atoms with Crippen molar-refractivity contribution in [2.24, 2.45) is 0 Å². The fraction of sp³-hybridized carbons (Fsp3) is 0.154. The van der Waals surface area contributed by atoms with Gasteiger partial charge in [0.05, 0.1) is 25.3 Å². The van der Waals surface area contributed by atoms with Crippen molar-refractivity contribution in [3.05, 3.63) is 41.7 Å². The molecule has 5 heteroatoms.